The summed E-state index contributed by atoms with van der Waals surface area (Å²) in [7, 11) is 0. The number of carbonyl (C=O) groups is 2. The summed E-state index contributed by atoms with van der Waals surface area (Å²) in [6.07, 6.45) is -0.702. The summed E-state index contributed by atoms with van der Waals surface area (Å²) < 4.78 is 17.9. The lowest BCUT2D eigenvalue weighted by Gasteiger charge is -2.09. The Kier molecular flexibility index (Phi) is 4.65. The van der Waals surface area contributed by atoms with Crippen LogP contribution in [0.4, 0.5) is 14.9 Å². The number of ether oxygens (including phenoxy) is 1. The Morgan fingerprint density at radius 3 is 2.67 bits per heavy atom. The fourth-order valence-corrected chi connectivity index (χ4v) is 1.16. The van der Waals surface area contributed by atoms with E-state index in [2.05, 4.69) is 5.32 Å². The normalized spacial score (nSPS) is 10.2. The zero-order chi connectivity index (χ0) is 13.7. The van der Waals surface area contributed by atoms with Gasteiger partial charge in [-0.1, -0.05) is 13.8 Å². The van der Waals surface area contributed by atoms with E-state index in [1.807, 2.05) is 13.8 Å². The molecule has 1 amide bonds. The third-order valence-electron chi connectivity index (χ3n) is 1.99. The van der Waals surface area contributed by atoms with Gasteiger partial charge in [-0.05, 0) is 24.1 Å². The summed E-state index contributed by atoms with van der Waals surface area (Å²) in [5.74, 6) is -2.06. The van der Waals surface area contributed by atoms with Gasteiger partial charge in [-0.2, -0.15) is 0 Å². The van der Waals surface area contributed by atoms with Crippen molar-refractivity contribution >= 4 is 17.7 Å². The molecule has 0 aromatic heterocycles. The number of carboxylic acid groups (broad SMARTS) is 1. The number of rotatable bonds is 4. The molecule has 98 valence electrons. The molecule has 0 spiro atoms. The minimum atomic E-state index is -1.40. The van der Waals surface area contributed by atoms with Crippen molar-refractivity contribution < 1.29 is 23.8 Å². The quantitative estimate of drug-likeness (QED) is 0.867. The Bertz CT molecular complexity index is 459. The van der Waals surface area contributed by atoms with Crippen LogP contribution >= 0.6 is 0 Å². The Balaban J connectivity index is 2.70. The lowest BCUT2D eigenvalue weighted by atomic mass is 10.2. The Morgan fingerprint density at radius 1 is 1.44 bits per heavy atom. The van der Waals surface area contributed by atoms with E-state index in [0.717, 1.165) is 12.1 Å². The molecule has 0 fully saturated rings. The van der Waals surface area contributed by atoms with Gasteiger partial charge >= 0.3 is 12.1 Å². The number of carboxylic acids is 1. The van der Waals surface area contributed by atoms with Gasteiger partial charge in [0.25, 0.3) is 0 Å². The largest absolute Gasteiger partial charge is 0.478 e. The molecule has 0 radical (unpaired) electrons. The number of hydrogen-bond acceptors (Lipinski definition) is 3. The van der Waals surface area contributed by atoms with Crippen LogP contribution in [0.2, 0.25) is 0 Å². The van der Waals surface area contributed by atoms with E-state index in [9.17, 15) is 14.0 Å². The van der Waals surface area contributed by atoms with Crippen molar-refractivity contribution in [2.75, 3.05) is 11.9 Å². The topological polar surface area (TPSA) is 75.6 Å². The van der Waals surface area contributed by atoms with Crippen molar-refractivity contribution in [3.63, 3.8) is 0 Å². The first kappa shape index (κ1) is 14.0. The number of hydrogen-bond donors (Lipinski definition) is 2. The van der Waals surface area contributed by atoms with Gasteiger partial charge < -0.3 is 9.84 Å². The van der Waals surface area contributed by atoms with Gasteiger partial charge in [0.15, 0.2) is 0 Å². The molecule has 0 atom stereocenters. The van der Waals surface area contributed by atoms with Gasteiger partial charge in [-0.3, -0.25) is 5.32 Å². The average Bonchev–Trinajstić information content (AvgIpc) is 2.28. The third-order valence-corrected chi connectivity index (χ3v) is 1.99. The van der Waals surface area contributed by atoms with E-state index in [0.29, 0.717) is 0 Å². The van der Waals surface area contributed by atoms with E-state index in [4.69, 9.17) is 9.84 Å². The molecular formula is C12H14FNO4. The van der Waals surface area contributed by atoms with Gasteiger partial charge in [-0.15, -0.1) is 0 Å². The van der Waals surface area contributed by atoms with Gasteiger partial charge in [0.2, 0.25) is 0 Å². The maximum atomic E-state index is 13.1. The smallest absolute Gasteiger partial charge is 0.411 e. The molecule has 1 rings (SSSR count). The number of nitrogens with one attached hydrogen (secondary N) is 1. The Labute approximate surface area is 104 Å². The van der Waals surface area contributed by atoms with Crippen molar-refractivity contribution in [3.8, 4) is 0 Å². The van der Waals surface area contributed by atoms with Crippen molar-refractivity contribution in [3.05, 3.63) is 29.6 Å². The zero-order valence-corrected chi connectivity index (χ0v) is 10.1. The molecule has 0 aliphatic carbocycles. The molecule has 5 nitrogen and oxygen atoms in total. The first-order chi connectivity index (χ1) is 8.40. The highest BCUT2D eigenvalue weighted by atomic mass is 19.1. The standard InChI is InChI=1S/C12H14FNO4/c1-7(2)6-18-12(17)14-8-3-4-10(13)9(5-8)11(15)16/h3-5,7H,6H2,1-2H3,(H,14,17)(H,15,16). The predicted octanol–water partition coefficient (Wildman–Crippen LogP) is 2.73. The van der Waals surface area contributed by atoms with Crippen LogP contribution in [0.25, 0.3) is 0 Å². The molecule has 0 saturated carbocycles. The number of aromatic carboxylic acids is 1. The van der Waals surface area contributed by atoms with Crippen LogP contribution < -0.4 is 5.32 Å². The van der Waals surface area contributed by atoms with Gasteiger partial charge in [-0.25, -0.2) is 14.0 Å². The second-order valence-electron chi connectivity index (χ2n) is 4.12. The van der Waals surface area contributed by atoms with Crippen LogP contribution in [0.1, 0.15) is 24.2 Å². The summed E-state index contributed by atoms with van der Waals surface area (Å²) in [6, 6.07) is 3.27. The van der Waals surface area contributed by atoms with Crippen LogP contribution in [0, 0.1) is 11.7 Å². The minimum Gasteiger partial charge on any atom is -0.478 e. The van der Waals surface area contributed by atoms with Crippen molar-refractivity contribution in [1.29, 1.82) is 0 Å². The SMILES string of the molecule is CC(C)COC(=O)Nc1ccc(F)c(C(=O)O)c1. The summed E-state index contributed by atoms with van der Waals surface area (Å²) in [5, 5.41) is 11.0. The fraction of sp³-hybridized carbons (Fsp3) is 0.333. The van der Waals surface area contributed by atoms with E-state index >= 15 is 0 Å². The van der Waals surface area contributed by atoms with E-state index < -0.39 is 23.4 Å². The zero-order valence-electron chi connectivity index (χ0n) is 10.1. The number of amides is 1. The molecule has 0 unspecified atom stereocenters. The monoisotopic (exact) mass is 255 g/mol. The molecule has 18 heavy (non-hydrogen) atoms. The first-order valence-corrected chi connectivity index (χ1v) is 5.36. The van der Waals surface area contributed by atoms with Gasteiger partial charge in [0.05, 0.1) is 12.2 Å². The van der Waals surface area contributed by atoms with Crippen LogP contribution in [0.3, 0.4) is 0 Å². The molecule has 0 aliphatic heterocycles. The van der Waals surface area contributed by atoms with Crippen molar-refractivity contribution in [2.24, 2.45) is 5.92 Å². The molecule has 0 aliphatic rings. The average molecular weight is 255 g/mol. The molecule has 0 heterocycles. The van der Waals surface area contributed by atoms with Gasteiger partial charge in [0.1, 0.15) is 5.82 Å². The molecular weight excluding hydrogens is 241 g/mol. The molecule has 1 aromatic rings. The Morgan fingerprint density at radius 2 is 2.11 bits per heavy atom. The molecule has 1 aromatic carbocycles. The third kappa shape index (κ3) is 4.04. The van der Waals surface area contributed by atoms with E-state index in [-0.39, 0.29) is 18.2 Å². The second-order valence-corrected chi connectivity index (χ2v) is 4.12. The number of benzene rings is 1. The molecule has 2 N–H and O–H groups in total. The maximum Gasteiger partial charge on any atom is 0.411 e. The minimum absolute atomic E-state index is 0.169. The maximum absolute atomic E-state index is 13.1. The number of carbonyl (C=O) groups excluding carboxylic acids is 1. The van der Waals surface area contributed by atoms with Crippen LogP contribution in [0.5, 0.6) is 0 Å². The van der Waals surface area contributed by atoms with Crippen LogP contribution in [-0.2, 0) is 4.74 Å². The summed E-state index contributed by atoms with van der Waals surface area (Å²) in [4.78, 5) is 22.0. The van der Waals surface area contributed by atoms with Crippen molar-refractivity contribution in [2.45, 2.75) is 13.8 Å². The Hall–Kier alpha value is -2.11. The fourth-order valence-electron chi connectivity index (χ4n) is 1.16. The van der Waals surface area contributed by atoms with Crippen LogP contribution in [0.15, 0.2) is 18.2 Å². The highest BCUT2D eigenvalue weighted by molar-refractivity contribution is 5.91. The lowest BCUT2D eigenvalue weighted by molar-refractivity contribution is 0.0691. The molecule has 0 bridgehead atoms. The van der Waals surface area contributed by atoms with E-state index in [1.165, 1.54) is 6.07 Å². The lowest BCUT2D eigenvalue weighted by Crippen LogP contribution is -2.17. The van der Waals surface area contributed by atoms with Gasteiger partial charge in [0, 0.05) is 5.69 Å². The summed E-state index contributed by atoms with van der Waals surface area (Å²) in [6.45, 7) is 4.01. The number of halogens is 1. The summed E-state index contributed by atoms with van der Waals surface area (Å²) in [5.41, 5.74) is -0.334. The second kappa shape index (κ2) is 6.00. The highest BCUT2D eigenvalue weighted by Gasteiger charge is 2.12. The highest BCUT2D eigenvalue weighted by Crippen LogP contribution is 2.15. The van der Waals surface area contributed by atoms with Crippen molar-refractivity contribution in [1.82, 2.24) is 0 Å². The van der Waals surface area contributed by atoms with E-state index in [1.54, 1.807) is 0 Å². The summed E-state index contributed by atoms with van der Waals surface area (Å²) >= 11 is 0. The first-order valence-electron chi connectivity index (χ1n) is 5.36. The molecule has 6 heteroatoms. The van der Waals surface area contributed by atoms with Crippen LogP contribution in [-0.4, -0.2) is 23.8 Å². The predicted molar refractivity (Wildman–Crippen MR) is 63.2 cm³/mol. The number of anilines is 1. The molecule has 0 saturated heterocycles.